The van der Waals surface area contributed by atoms with Crippen molar-refractivity contribution in [1.82, 2.24) is 4.90 Å². The number of anilines is 1. The minimum absolute atomic E-state index is 0.0427. The van der Waals surface area contributed by atoms with Crippen LogP contribution >= 0.6 is 0 Å². The first-order chi connectivity index (χ1) is 19.5. The minimum atomic E-state index is -0.313. The maximum absolute atomic E-state index is 13.4. The standard InChI is InChI=1S/C35H38N2O3/c1-25(2)34(38)36-30-15-8-14-29(24-30)26-18-21-37(22-19-26)23-20-33(28-11-4-3-5-12-28)40-35(39)32-17-9-13-27-10-6-7-16-31(27)32/h3-17,24-26,33H,18-23H2,1-2H3,(H,36,38)/t33-/m1/s1. The van der Waals surface area contributed by atoms with Crippen molar-refractivity contribution in [3.63, 3.8) is 0 Å². The minimum Gasteiger partial charge on any atom is -0.454 e. The third-order valence-electron chi connectivity index (χ3n) is 7.88. The number of fused-ring (bicyclic) bond motifs is 1. The number of hydrogen-bond donors (Lipinski definition) is 1. The number of likely N-dealkylation sites (tertiary alicyclic amines) is 1. The van der Waals surface area contributed by atoms with Gasteiger partial charge in [-0.1, -0.05) is 92.7 Å². The van der Waals surface area contributed by atoms with E-state index >= 15 is 0 Å². The Morgan fingerprint density at radius 3 is 2.35 bits per heavy atom. The van der Waals surface area contributed by atoms with Gasteiger partial charge >= 0.3 is 5.97 Å². The molecule has 0 spiro atoms. The summed E-state index contributed by atoms with van der Waals surface area (Å²) in [5, 5.41) is 4.97. The number of esters is 1. The molecule has 0 radical (unpaired) electrons. The molecule has 0 aliphatic carbocycles. The van der Waals surface area contributed by atoms with E-state index in [-0.39, 0.29) is 23.9 Å². The van der Waals surface area contributed by atoms with Crippen LogP contribution in [0.15, 0.2) is 97.1 Å². The van der Waals surface area contributed by atoms with E-state index < -0.39 is 0 Å². The summed E-state index contributed by atoms with van der Waals surface area (Å²) in [5.41, 5.74) is 3.78. The van der Waals surface area contributed by atoms with Crippen LogP contribution < -0.4 is 5.32 Å². The molecule has 4 aromatic rings. The molecule has 0 bridgehead atoms. The molecule has 1 N–H and O–H groups in total. The van der Waals surface area contributed by atoms with Gasteiger partial charge in [0.05, 0.1) is 5.56 Å². The molecule has 0 saturated carbocycles. The number of benzene rings is 4. The smallest absolute Gasteiger partial charge is 0.339 e. The highest BCUT2D eigenvalue weighted by molar-refractivity contribution is 6.04. The number of piperidine rings is 1. The van der Waals surface area contributed by atoms with Crippen LogP contribution in [0, 0.1) is 5.92 Å². The molecule has 5 heteroatoms. The van der Waals surface area contributed by atoms with Gasteiger partial charge in [-0.15, -0.1) is 0 Å². The van der Waals surface area contributed by atoms with E-state index in [4.69, 9.17) is 4.74 Å². The Labute approximate surface area is 237 Å². The molecule has 1 aliphatic rings. The molecular formula is C35H38N2O3. The van der Waals surface area contributed by atoms with Crippen molar-refractivity contribution in [2.24, 2.45) is 5.92 Å². The van der Waals surface area contributed by atoms with E-state index in [9.17, 15) is 9.59 Å². The fraction of sp³-hybridized carbons (Fsp3) is 0.314. The summed E-state index contributed by atoms with van der Waals surface area (Å²) in [6.45, 7) is 6.65. The molecule has 40 heavy (non-hydrogen) atoms. The first kappa shape index (κ1) is 27.6. The summed E-state index contributed by atoms with van der Waals surface area (Å²) in [4.78, 5) is 28.0. The summed E-state index contributed by atoms with van der Waals surface area (Å²) in [6, 6.07) is 32.1. The highest BCUT2D eigenvalue weighted by atomic mass is 16.5. The van der Waals surface area contributed by atoms with Crippen LogP contribution in [0.4, 0.5) is 5.69 Å². The number of hydrogen-bond acceptors (Lipinski definition) is 4. The number of nitrogens with one attached hydrogen (secondary N) is 1. The molecule has 1 heterocycles. The van der Waals surface area contributed by atoms with Crippen molar-refractivity contribution < 1.29 is 14.3 Å². The Morgan fingerprint density at radius 2 is 1.57 bits per heavy atom. The molecule has 0 unspecified atom stereocenters. The van der Waals surface area contributed by atoms with Gasteiger partial charge < -0.3 is 15.0 Å². The maximum Gasteiger partial charge on any atom is 0.339 e. The van der Waals surface area contributed by atoms with Crippen LogP contribution in [0.3, 0.4) is 0 Å². The lowest BCUT2D eigenvalue weighted by molar-refractivity contribution is -0.118. The SMILES string of the molecule is CC(C)C(=O)Nc1cccc(C2CCN(CC[C@@H](OC(=O)c3cccc4ccccc34)c3ccccc3)CC2)c1. The summed E-state index contributed by atoms with van der Waals surface area (Å²) in [5.74, 6) is 0.189. The third-order valence-corrected chi connectivity index (χ3v) is 7.88. The highest BCUT2D eigenvalue weighted by Crippen LogP contribution is 2.31. The Balaban J connectivity index is 1.21. The number of nitrogens with zero attached hydrogens (tertiary/aromatic N) is 1. The van der Waals surface area contributed by atoms with Crippen LogP contribution in [0.2, 0.25) is 0 Å². The lowest BCUT2D eigenvalue weighted by atomic mass is 9.89. The molecule has 5 nitrogen and oxygen atoms in total. The van der Waals surface area contributed by atoms with Crippen LogP contribution in [0.5, 0.6) is 0 Å². The molecule has 1 atom stereocenters. The average molecular weight is 535 g/mol. The second-order valence-electron chi connectivity index (χ2n) is 11.0. The van der Waals surface area contributed by atoms with E-state index in [1.807, 2.05) is 98.8 Å². The lowest BCUT2D eigenvalue weighted by Crippen LogP contribution is -2.34. The van der Waals surface area contributed by atoms with Gasteiger partial charge in [-0.05, 0) is 71.9 Å². The molecule has 1 fully saturated rings. The van der Waals surface area contributed by atoms with Crippen molar-refractivity contribution in [3.8, 4) is 0 Å². The summed E-state index contributed by atoms with van der Waals surface area (Å²) < 4.78 is 6.17. The molecule has 0 aromatic heterocycles. The number of carbonyl (C=O) groups is 2. The molecule has 5 rings (SSSR count). The largest absolute Gasteiger partial charge is 0.454 e. The molecule has 1 amide bonds. The Bertz CT molecular complexity index is 1440. The van der Waals surface area contributed by atoms with Crippen LogP contribution in [-0.2, 0) is 9.53 Å². The molecule has 1 aliphatic heterocycles. The third kappa shape index (κ3) is 6.78. The summed E-state index contributed by atoms with van der Waals surface area (Å²) in [7, 11) is 0. The van der Waals surface area contributed by atoms with Gasteiger partial charge in [0.15, 0.2) is 0 Å². The Morgan fingerprint density at radius 1 is 0.875 bits per heavy atom. The summed E-state index contributed by atoms with van der Waals surface area (Å²) in [6.07, 6.45) is 2.55. The maximum atomic E-state index is 13.4. The fourth-order valence-electron chi connectivity index (χ4n) is 5.50. The van der Waals surface area contributed by atoms with Gasteiger partial charge in [-0.3, -0.25) is 4.79 Å². The van der Waals surface area contributed by atoms with Crippen molar-refractivity contribution in [2.75, 3.05) is 25.0 Å². The predicted octanol–water partition coefficient (Wildman–Crippen LogP) is 7.60. The molecular weight excluding hydrogens is 496 g/mol. The van der Waals surface area contributed by atoms with Gasteiger partial charge in [0.1, 0.15) is 6.10 Å². The van der Waals surface area contributed by atoms with Crippen molar-refractivity contribution >= 4 is 28.3 Å². The first-order valence-corrected chi connectivity index (χ1v) is 14.3. The van der Waals surface area contributed by atoms with Gasteiger partial charge in [-0.2, -0.15) is 0 Å². The second kappa shape index (κ2) is 12.9. The number of carbonyl (C=O) groups excluding carboxylic acids is 2. The van der Waals surface area contributed by atoms with Gasteiger partial charge in [0.25, 0.3) is 0 Å². The van der Waals surface area contributed by atoms with Gasteiger partial charge in [0, 0.05) is 24.6 Å². The van der Waals surface area contributed by atoms with Gasteiger partial charge in [0.2, 0.25) is 5.91 Å². The zero-order valence-electron chi connectivity index (χ0n) is 23.4. The normalized spacial score (nSPS) is 15.2. The van der Waals surface area contributed by atoms with Crippen LogP contribution in [0.1, 0.15) is 66.6 Å². The monoisotopic (exact) mass is 534 g/mol. The quantitative estimate of drug-likeness (QED) is 0.225. The van der Waals surface area contributed by atoms with Crippen molar-refractivity contribution in [2.45, 2.75) is 45.1 Å². The Hall–Kier alpha value is -3.96. The molecule has 206 valence electrons. The average Bonchev–Trinajstić information content (AvgIpc) is 2.99. The van der Waals surface area contributed by atoms with E-state index in [2.05, 4.69) is 22.3 Å². The van der Waals surface area contributed by atoms with E-state index in [1.54, 1.807) is 0 Å². The van der Waals surface area contributed by atoms with Crippen LogP contribution in [-0.4, -0.2) is 36.4 Å². The summed E-state index contributed by atoms with van der Waals surface area (Å²) >= 11 is 0. The van der Waals surface area contributed by atoms with Crippen molar-refractivity contribution in [1.29, 1.82) is 0 Å². The van der Waals surface area contributed by atoms with E-state index in [0.717, 1.165) is 60.9 Å². The zero-order valence-corrected chi connectivity index (χ0v) is 23.4. The highest BCUT2D eigenvalue weighted by Gasteiger charge is 2.24. The molecule has 1 saturated heterocycles. The number of rotatable bonds is 9. The number of amides is 1. The molecule has 4 aromatic carbocycles. The number of ether oxygens (including phenoxy) is 1. The first-order valence-electron chi connectivity index (χ1n) is 14.3. The predicted molar refractivity (Wildman–Crippen MR) is 161 cm³/mol. The van der Waals surface area contributed by atoms with Crippen molar-refractivity contribution in [3.05, 3.63) is 114 Å². The lowest BCUT2D eigenvalue weighted by Gasteiger charge is -2.33. The van der Waals surface area contributed by atoms with Gasteiger partial charge in [-0.25, -0.2) is 4.79 Å². The Kier molecular flexibility index (Phi) is 8.92. The fourth-order valence-corrected chi connectivity index (χ4v) is 5.50. The zero-order chi connectivity index (χ0) is 27.9. The van der Waals surface area contributed by atoms with E-state index in [1.165, 1.54) is 5.56 Å². The second-order valence-corrected chi connectivity index (χ2v) is 11.0. The van der Waals surface area contributed by atoms with Crippen LogP contribution in [0.25, 0.3) is 10.8 Å². The van der Waals surface area contributed by atoms with E-state index in [0.29, 0.717) is 11.5 Å². The topological polar surface area (TPSA) is 58.6 Å².